The average Bonchev–Trinajstić information content (AvgIpc) is 3.74. The summed E-state index contributed by atoms with van der Waals surface area (Å²) in [6, 6.07) is 22.5. The first-order valence-electron chi connectivity index (χ1n) is 16.2. The normalized spacial score (nSPS) is 17.3. The molecular formula is C37H40N8O2. The molecule has 4 heterocycles. The molecule has 0 spiro atoms. The predicted octanol–water partition coefficient (Wildman–Crippen LogP) is 4.28. The zero-order valence-corrected chi connectivity index (χ0v) is 26.9. The molecule has 3 N–H and O–H groups in total. The number of nitrogen functional groups attached to an aromatic ring is 1. The Morgan fingerprint density at radius 3 is 2.38 bits per heavy atom. The third kappa shape index (κ3) is 6.47. The summed E-state index contributed by atoms with van der Waals surface area (Å²) in [6.45, 7) is 6.34. The smallest absolute Gasteiger partial charge is 0.255 e. The maximum atomic E-state index is 13.9. The van der Waals surface area contributed by atoms with Crippen LogP contribution in [0.1, 0.15) is 32.7 Å². The number of amides is 2. The number of benzene rings is 3. The number of carbonyl (C=O) groups excluding carboxylic acids is 2. The number of nitrogens with zero attached hydrogens (tertiary/aromatic N) is 6. The summed E-state index contributed by atoms with van der Waals surface area (Å²) in [6.07, 6.45) is 5.87. The Labute approximate surface area is 274 Å². The molecule has 3 aromatic carbocycles. The van der Waals surface area contributed by atoms with Crippen LogP contribution in [0.4, 0.5) is 5.82 Å². The highest BCUT2D eigenvalue weighted by atomic mass is 16.2. The molecule has 47 heavy (non-hydrogen) atoms. The Morgan fingerprint density at radius 2 is 1.62 bits per heavy atom. The van der Waals surface area contributed by atoms with E-state index in [0.717, 1.165) is 65.8 Å². The van der Waals surface area contributed by atoms with Crippen LogP contribution in [0.2, 0.25) is 0 Å². The van der Waals surface area contributed by atoms with Crippen LogP contribution in [0.25, 0.3) is 33.0 Å². The Kier molecular flexibility index (Phi) is 8.45. The summed E-state index contributed by atoms with van der Waals surface area (Å²) in [7, 11) is 4.01. The highest BCUT2D eigenvalue weighted by molar-refractivity contribution is 6.10. The number of nitrogens with two attached hydrogens (primary N) is 1. The fourth-order valence-electron chi connectivity index (χ4n) is 6.68. The minimum absolute atomic E-state index is 0.0354. The second kappa shape index (κ2) is 13.0. The number of fused-ring (bicyclic) bond motifs is 1. The van der Waals surface area contributed by atoms with E-state index in [1.807, 2.05) is 42.4 Å². The highest BCUT2D eigenvalue weighted by Crippen LogP contribution is 2.32. The number of likely N-dealkylation sites (N-methyl/N-ethyl adjacent to an activating group) is 1. The van der Waals surface area contributed by atoms with Gasteiger partial charge in [-0.3, -0.25) is 19.2 Å². The first-order chi connectivity index (χ1) is 22.8. The maximum absolute atomic E-state index is 13.9. The number of hydrogen-bond acceptors (Lipinski definition) is 7. The second-order valence-corrected chi connectivity index (χ2v) is 12.8. The molecule has 240 valence electrons. The predicted molar refractivity (Wildman–Crippen MR) is 185 cm³/mol. The van der Waals surface area contributed by atoms with Crippen molar-refractivity contribution in [1.29, 1.82) is 0 Å². The summed E-state index contributed by atoms with van der Waals surface area (Å²) in [5.74, 6) is -0.173. The standard InChI is InChI=1S/C37H40N8O2/c1-42-15-17-44(18-16-42)22-25-9-11-26(12-10-25)30-5-3-7-32-31(30)6-4-8-33(32)37(47)45-14-13-29(24-45)41-36(46)34-19-27(20-39-35(34)38)28-21-40-43(2)23-28/h3-12,19-21,23,29H,13-18,22,24H2,1-2H3,(H2,38,39)(H,41,46)/t29-/m1/s1. The van der Waals surface area contributed by atoms with Crippen molar-refractivity contribution in [2.45, 2.75) is 19.0 Å². The molecule has 0 bridgehead atoms. The average molecular weight is 629 g/mol. The quantitative estimate of drug-likeness (QED) is 0.277. The van der Waals surface area contributed by atoms with Crippen LogP contribution < -0.4 is 11.1 Å². The van der Waals surface area contributed by atoms with Crippen LogP contribution in [-0.4, -0.2) is 93.6 Å². The van der Waals surface area contributed by atoms with Gasteiger partial charge in [0, 0.05) is 88.0 Å². The number of rotatable bonds is 7. The van der Waals surface area contributed by atoms with Crippen molar-refractivity contribution in [2.75, 3.05) is 52.0 Å². The monoisotopic (exact) mass is 628 g/mol. The number of carbonyl (C=O) groups is 2. The van der Waals surface area contributed by atoms with Gasteiger partial charge in [0.05, 0.1) is 11.8 Å². The maximum Gasteiger partial charge on any atom is 0.255 e. The molecule has 0 saturated carbocycles. The first kappa shape index (κ1) is 30.6. The van der Waals surface area contributed by atoms with Gasteiger partial charge in [-0.2, -0.15) is 5.10 Å². The van der Waals surface area contributed by atoms with E-state index in [1.54, 1.807) is 23.1 Å². The van der Waals surface area contributed by atoms with Gasteiger partial charge in [0.25, 0.3) is 11.8 Å². The Morgan fingerprint density at radius 1 is 0.851 bits per heavy atom. The molecule has 10 heteroatoms. The minimum Gasteiger partial charge on any atom is -0.383 e. The first-order valence-corrected chi connectivity index (χ1v) is 16.2. The van der Waals surface area contributed by atoms with Crippen LogP contribution in [0.3, 0.4) is 0 Å². The van der Waals surface area contributed by atoms with Crippen LogP contribution in [0.15, 0.2) is 85.3 Å². The largest absolute Gasteiger partial charge is 0.383 e. The molecule has 7 rings (SSSR count). The van der Waals surface area contributed by atoms with Gasteiger partial charge in [-0.25, -0.2) is 4.98 Å². The molecule has 1 atom stereocenters. The molecule has 0 unspecified atom stereocenters. The van der Waals surface area contributed by atoms with Crippen LogP contribution in [-0.2, 0) is 13.6 Å². The van der Waals surface area contributed by atoms with Crippen molar-refractivity contribution in [3.05, 3.63) is 102 Å². The molecule has 2 aromatic heterocycles. The van der Waals surface area contributed by atoms with Gasteiger partial charge in [0.2, 0.25) is 0 Å². The molecular weight excluding hydrogens is 588 g/mol. The summed E-state index contributed by atoms with van der Waals surface area (Å²) >= 11 is 0. The van der Waals surface area contributed by atoms with Gasteiger partial charge in [-0.1, -0.05) is 54.6 Å². The Balaban J connectivity index is 1.04. The zero-order chi connectivity index (χ0) is 32.5. The summed E-state index contributed by atoms with van der Waals surface area (Å²) in [5, 5.41) is 9.25. The number of nitrogens with one attached hydrogen (secondary N) is 1. The van der Waals surface area contributed by atoms with Crippen molar-refractivity contribution in [2.24, 2.45) is 7.05 Å². The molecule has 2 aliphatic heterocycles. The lowest BCUT2D eigenvalue weighted by Crippen LogP contribution is -2.43. The summed E-state index contributed by atoms with van der Waals surface area (Å²) in [4.78, 5) is 38.1. The van der Waals surface area contributed by atoms with Gasteiger partial charge in [0.1, 0.15) is 5.82 Å². The molecule has 2 saturated heterocycles. The lowest BCUT2D eigenvalue weighted by atomic mass is 9.94. The molecule has 10 nitrogen and oxygen atoms in total. The lowest BCUT2D eigenvalue weighted by molar-refractivity contribution is 0.0785. The molecule has 5 aromatic rings. The van der Waals surface area contributed by atoms with Crippen molar-refractivity contribution in [1.82, 2.24) is 34.8 Å². The summed E-state index contributed by atoms with van der Waals surface area (Å²) < 4.78 is 1.69. The van der Waals surface area contributed by atoms with Gasteiger partial charge < -0.3 is 20.9 Å². The number of piperazine rings is 1. The number of aromatic nitrogens is 3. The van der Waals surface area contributed by atoms with Gasteiger partial charge in [-0.15, -0.1) is 0 Å². The van der Waals surface area contributed by atoms with E-state index in [0.29, 0.717) is 30.6 Å². The number of likely N-dealkylation sites (tertiary alicyclic amines) is 1. The number of aryl methyl sites for hydroxylation is 1. The van der Waals surface area contributed by atoms with Crippen molar-refractivity contribution in [3.63, 3.8) is 0 Å². The molecule has 2 fully saturated rings. The second-order valence-electron chi connectivity index (χ2n) is 12.8. The fraction of sp³-hybridized carbons (Fsp3) is 0.297. The van der Waals surface area contributed by atoms with Crippen LogP contribution in [0.5, 0.6) is 0 Å². The van der Waals surface area contributed by atoms with Gasteiger partial charge >= 0.3 is 0 Å². The van der Waals surface area contributed by atoms with Crippen molar-refractivity contribution < 1.29 is 9.59 Å². The zero-order valence-electron chi connectivity index (χ0n) is 26.9. The summed E-state index contributed by atoms with van der Waals surface area (Å²) in [5.41, 5.74) is 12.2. The van der Waals surface area contributed by atoms with Crippen LogP contribution >= 0.6 is 0 Å². The van der Waals surface area contributed by atoms with E-state index in [1.165, 1.54) is 5.56 Å². The number of anilines is 1. The molecule has 2 aliphatic rings. The van der Waals surface area contributed by atoms with Crippen molar-refractivity contribution >= 4 is 28.4 Å². The molecule has 0 radical (unpaired) electrons. The van der Waals surface area contributed by atoms with Gasteiger partial charge in [0.15, 0.2) is 0 Å². The minimum atomic E-state index is -0.301. The molecule has 0 aliphatic carbocycles. The van der Waals surface area contributed by atoms with E-state index in [-0.39, 0.29) is 23.7 Å². The van der Waals surface area contributed by atoms with Gasteiger partial charge in [-0.05, 0) is 53.1 Å². The third-order valence-corrected chi connectivity index (χ3v) is 9.43. The van der Waals surface area contributed by atoms with Crippen molar-refractivity contribution in [3.8, 4) is 22.3 Å². The van der Waals surface area contributed by atoms with Crippen LogP contribution in [0, 0.1) is 0 Å². The van der Waals surface area contributed by atoms with E-state index in [2.05, 4.69) is 68.6 Å². The van der Waals surface area contributed by atoms with E-state index >= 15 is 0 Å². The highest BCUT2D eigenvalue weighted by Gasteiger charge is 2.30. The van der Waals surface area contributed by atoms with E-state index < -0.39 is 0 Å². The van der Waals surface area contributed by atoms with E-state index in [4.69, 9.17) is 5.73 Å². The van der Waals surface area contributed by atoms with E-state index in [9.17, 15) is 9.59 Å². The lowest BCUT2D eigenvalue weighted by Gasteiger charge is -2.32. The number of hydrogen-bond donors (Lipinski definition) is 2. The SMILES string of the molecule is CN1CCN(Cc2ccc(-c3cccc4c(C(=O)N5CC[C@@H](NC(=O)c6cc(-c7cnn(C)c7)cnc6N)C5)cccc34)cc2)CC1. The Hall–Kier alpha value is -5.06. The third-order valence-electron chi connectivity index (χ3n) is 9.43. The topological polar surface area (TPSA) is 113 Å². The molecule has 2 amide bonds. The Bertz CT molecular complexity index is 1930. The fourth-order valence-corrected chi connectivity index (χ4v) is 6.68. The number of pyridine rings is 1.